The van der Waals surface area contributed by atoms with Gasteiger partial charge < -0.3 is 20.9 Å². The Labute approximate surface area is 192 Å². The number of carbonyl (C=O) groups excluding carboxylic acids is 3. The summed E-state index contributed by atoms with van der Waals surface area (Å²) >= 11 is 0. The fourth-order valence-corrected chi connectivity index (χ4v) is 3.75. The zero-order chi connectivity index (χ0) is 23.2. The molecule has 1 heterocycles. The first-order chi connectivity index (χ1) is 16.0. The lowest BCUT2D eigenvalue weighted by Gasteiger charge is -2.17. The van der Waals surface area contributed by atoms with Crippen molar-refractivity contribution in [2.45, 2.75) is 19.9 Å². The van der Waals surface area contributed by atoms with Crippen LogP contribution in [0.2, 0.25) is 0 Å². The third-order valence-corrected chi connectivity index (χ3v) is 5.50. The predicted molar refractivity (Wildman–Crippen MR) is 129 cm³/mol. The van der Waals surface area contributed by atoms with Crippen LogP contribution in [0.15, 0.2) is 78.9 Å². The lowest BCUT2D eigenvalue weighted by atomic mass is 10.1. The van der Waals surface area contributed by atoms with Crippen LogP contribution in [0.3, 0.4) is 0 Å². The molecule has 1 saturated heterocycles. The highest BCUT2D eigenvalue weighted by Crippen LogP contribution is 2.23. The van der Waals surface area contributed by atoms with E-state index in [1.165, 1.54) is 0 Å². The smallest absolute Gasteiger partial charge is 0.323 e. The van der Waals surface area contributed by atoms with Crippen LogP contribution in [0.4, 0.5) is 21.9 Å². The Hall–Kier alpha value is -4.13. The van der Waals surface area contributed by atoms with Crippen molar-refractivity contribution in [1.29, 1.82) is 0 Å². The van der Waals surface area contributed by atoms with E-state index in [0.717, 1.165) is 11.1 Å². The monoisotopic (exact) mass is 442 g/mol. The Morgan fingerprint density at radius 2 is 1.48 bits per heavy atom. The summed E-state index contributed by atoms with van der Waals surface area (Å²) in [6.45, 7) is 2.90. The minimum absolute atomic E-state index is 0.0243. The molecule has 1 unspecified atom stereocenters. The van der Waals surface area contributed by atoms with Gasteiger partial charge in [-0.3, -0.25) is 9.59 Å². The molecule has 33 heavy (non-hydrogen) atoms. The van der Waals surface area contributed by atoms with E-state index in [-0.39, 0.29) is 24.3 Å². The summed E-state index contributed by atoms with van der Waals surface area (Å²) in [7, 11) is 0. The van der Waals surface area contributed by atoms with Crippen molar-refractivity contribution in [3.63, 3.8) is 0 Å². The van der Waals surface area contributed by atoms with E-state index >= 15 is 0 Å². The van der Waals surface area contributed by atoms with Crippen molar-refractivity contribution >= 4 is 34.9 Å². The van der Waals surface area contributed by atoms with E-state index in [1.807, 2.05) is 49.4 Å². The highest BCUT2D eigenvalue weighted by Gasteiger charge is 2.34. The number of likely N-dealkylation sites (tertiary alicyclic amines) is 1. The summed E-state index contributed by atoms with van der Waals surface area (Å²) in [6.07, 6.45) is 0.190. The largest absolute Gasteiger partial charge is 0.338 e. The van der Waals surface area contributed by atoms with Crippen molar-refractivity contribution in [3.8, 4) is 0 Å². The maximum absolute atomic E-state index is 12.8. The summed E-state index contributed by atoms with van der Waals surface area (Å²) in [5, 5.41) is 8.37. The number of amides is 4. The van der Waals surface area contributed by atoms with Gasteiger partial charge in [-0.05, 0) is 42.8 Å². The fourth-order valence-electron chi connectivity index (χ4n) is 3.75. The van der Waals surface area contributed by atoms with E-state index in [4.69, 9.17) is 0 Å². The number of urea groups is 1. The van der Waals surface area contributed by atoms with Crippen LogP contribution < -0.4 is 16.0 Å². The van der Waals surface area contributed by atoms with Gasteiger partial charge in [0.2, 0.25) is 11.8 Å². The van der Waals surface area contributed by atoms with Gasteiger partial charge in [0.25, 0.3) is 0 Å². The zero-order valence-corrected chi connectivity index (χ0v) is 18.4. The molecule has 7 nitrogen and oxygen atoms in total. The molecule has 0 saturated carbocycles. The molecule has 7 heteroatoms. The molecule has 0 aromatic heterocycles. The van der Waals surface area contributed by atoms with Crippen LogP contribution in [-0.4, -0.2) is 29.3 Å². The van der Waals surface area contributed by atoms with Gasteiger partial charge in [0.1, 0.15) is 0 Å². The van der Waals surface area contributed by atoms with Crippen LogP contribution in [0.25, 0.3) is 0 Å². The van der Waals surface area contributed by atoms with Crippen LogP contribution in [0, 0.1) is 12.8 Å². The average Bonchev–Trinajstić information content (AvgIpc) is 3.16. The number of hydrogen-bond acceptors (Lipinski definition) is 3. The van der Waals surface area contributed by atoms with E-state index < -0.39 is 5.92 Å². The highest BCUT2D eigenvalue weighted by atomic mass is 16.2. The second-order valence-electron chi connectivity index (χ2n) is 8.18. The normalized spacial score (nSPS) is 15.2. The van der Waals surface area contributed by atoms with Crippen LogP contribution in [0.1, 0.15) is 17.5 Å². The summed E-state index contributed by atoms with van der Waals surface area (Å²) in [4.78, 5) is 39.2. The molecule has 0 bridgehead atoms. The SMILES string of the molecule is Cc1ccc(CN2CC(C(=O)Nc3cccc(NC(=O)Nc4ccccc4)c3)CC2=O)cc1. The topological polar surface area (TPSA) is 90.5 Å². The molecule has 3 N–H and O–H groups in total. The summed E-state index contributed by atoms with van der Waals surface area (Å²) in [5.74, 6) is -0.648. The second-order valence-corrected chi connectivity index (χ2v) is 8.18. The van der Waals surface area contributed by atoms with E-state index in [1.54, 1.807) is 41.3 Å². The Morgan fingerprint density at radius 1 is 0.848 bits per heavy atom. The van der Waals surface area contributed by atoms with Gasteiger partial charge in [-0.1, -0.05) is 54.1 Å². The maximum atomic E-state index is 12.8. The van der Waals surface area contributed by atoms with Crippen molar-refractivity contribution in [1.82, 2.24) is 4.90 Å². The summed E-state index contributed by atoms with van der Waals surface area (Å²) < 4.78 is 0. The molecule has 1 fully saturated rings. The Bertz CT molecular complexity index is 1150. The Kier molecular flexibility index (Phi) is 6.69. The number of hydrogen-bond donors (Lipinski definition) is 3. The van der Waals surface area contributed by atoms with Crippen LogP contribution in [-0.2, 0) is 16.1 Å². The van der Waals surface area contributed by atoms with Gasteiger partial charge in [-0.2, -0.15) is 0 Å². The van der Waals surface area contributed by atoms with Crippen molar-refractivity contribution in [3.05, 3.63) is 90.0 Å². The number of nitrogens with one attached hydrogen (secondary N) is 3. The van der Waals surface area contributed by atoms with Crippen molar-refractivity contribution in [2.24, 2.45) is 5.92 Å². The maximum Gasteiger partial charge on any atom is 0.323 e. The summed E-state index contributed by atoms with van der Waals surface area (Å²) in [5.41, 5.74) is 3.99. The number of anilines is 3. The Morgan fingerprint density at radius 3 is 2.21 bits per heavy atom. The van der Waals surface area contributed by atoms with Gasteiger partial charge in [0.15, 0.2) is 0 Å². The van der Waals surface area contributed by atoms with E-state index in [0.29, 0.717) is 30.2 Å². The first kappa shape index (κ1) is 22.1. The number of nitrogens with zero attached hydrogens (tertiary/aromatic N) is 1. The molecule has 3 aromatic rings. The van der Waals surface area contributed by atoms with E-state index in [2.05, 4.69) is 16.0 Å². The number of benzene rings is 3. The second kappa shape index (κ2) is 9.99. The molecule has 0 radical (unpaired) electrons. The lowest BCUT2D eigenvalue weighted by molar-refractivity contribution is -0.128. The molecule has 0 aliphatic carbocycles. The number of carbonyl (C=O) groups is 3. The standard InChI is InChI=1S/C26H26N4O3/c1-18-10-12-19(13-11-18)16-30-17-20(14-24(30)31)25(32)27-22-8-5-9-23(15-22)29-26(33)28-21-6-3-2-4-7-21/h2-13,15,20H,14,16-17H2,1H3,(H,27,32)(H2,28,29,33). The molecule has 3 aromatic carbocycles. The molecule has 4 amide bonds. The summed E-state index contributed by atoms with van der Waals surface area (Å²) in [6, 6.07) is 23.7. The van der Waals surface area contributed by atoms with E-state index in [9.17, 15) is 14.4 Å². The molecule has 1 aliphatic heterocycles. The molecule has 168 valence electrons. The van der Waals surface area contributed by atoms with Crippen molar-refractivity contribution in [2.75, 3.05) is 22.5 Å². The minimum Gasteiger partial charge on any atom is -0.338 e. The van der Waals surface area contributed by atoms with Crippen LogP contribution >= 0.6 is 0 Å². The first-order valence-electron chi connectivity index (χ1n) is 10.8. The van der Waals surface area contributed by atoms with Crippen molar-refractivity contribution < 1.29 is 14.4 Å². The lowest BCUT2D eigenvalue weighted by Crippen LogP contribution is -2.28. The number of rotatable bonds is 6. The van der Waals surface area contributed by atoms with Gasteiger partial charge in [0, 0.05) is 36.6 Å². The minimum atomic E-state index is -0.416. The molecule has 1 aliphatic rings. The highest BCUT2D eigenvalue weighted by molar-refractivity contribution is 6.01. The third-order valence-electron chi connectivity index (χ3n) is 5.50. The van der Waals surface area contributed by atoms with Crippen LogP contribution in [0.5, 0.6) is 0 Å². The fraction of sp³-hybridized carbons (Fsp3) is 0.192. The Balaban J connectivity index is 1.32. The van der Waals surface area contributed by atoms with Gasteiger partial charge >= 0.3 is 6.03 Å². The molecular weight excluding hydrogens is 416 g/mol. The average molecular weight is 443 g/mol. The number of aryl methyl sites for hydroxylation is 1. The molecule has 4 rings (SSSR count). The van der Waals surface area contributed by atoms with Gasteiger partial charge in [-0.25, -0.2) is 4.79 Å². The molecular formula is C26H26N4O3. The predicted octanol–water partition coefficient (Wildman–Crippen LogP) is 4.63. The zero-order valence-electron chi connectivity index (χ0n) is 18.4. The third kappa shape index (κ3) is 5.98. The quantitative estimate of drug-likeness (QED) is 0.520. The molecule has 0 spiro atoms. The first-order valence-corrected chi connectivity index (χ1v) is 10.8. The van der Waals surface area contributed by atoms with Gasteiger partial charge in [0.05, 0.1) is 5.92 Å². The van der Waals surface area contributed by atoms with Gasteiger partial charge in [-0.15, -0.1) is 0 Å². The molecule has 1 atom stereocenters. The number of para-hydroxylation sites is 1.